The first-order chi connectivity index (χ1) is 23.1. The van der Waals surface area contributed by atoms with Crippen LogP contribution < -0.4 is 19.6 Å². The number of benzene rings is 2. The molecule has 4 rings (SSSR count). The van der Waals surface area contributed by atoms with Gasteiger partial charge in [-0.05, 0) is 24.3 Å². The maximum Gasteiger partial charge on any atom is 0.308 e. The zero-order chi connectivity index (χ0) is 36.0. The monoisotopic (exact) mass is 684 g/mol. The van der Waals surface area contributed by atoms with E-state index in [-0.39, 0.29) is 34.0 Å². The fourth-order valence-electron chi connectivity index (χ4n) is 4.94. The van der Waals surface area contributed by atoms with E-state index in [0.29, 0.717) is 5.56 Å². The van der Waals surface area contributed by atoms with Gasteiger partial charge in [0.15, 0.2) is 17.6 Å². The van der Waals surface area contributed by atoms with Crippen molar-refractivity contribution in [1.29, 1.82) is 0 Å². The standard InChI is InChI=1S/C33H32O16/c1-15(34)41-14-28-30(44-18(4)37)31(45-19(5)38)32(46-20(6)39)33(49-28)47-23-11-26(43-17(3)36)29-24(40)13-25(48-27(29)12-23)21-7-9-22(10-8-21)42-16(2)35/h7-13,28,30-33H,14H2,1-6H3/t28?,30?,31?,32-,33?/m0/s1. The zero-order valence-corrected chi connectivity index (χ0v) is 27.2. The highest BCUT2D eigenvalue weighted by Crippen LogP contribution is 2.36. The summed E-state index contributed by atoms with van der Waals surface area (Å²) in [5, 5.41) is -0.121. The lowest BCUT2D eigenvalue weighted by Gasteiger charge is -2.43. The molecule has 16 nitrogen and oxygen atoms in total. The first-order valence-electron chi connectivity index (χ1n) is 14.7. The van der Waals surface area contributed by atoms with Crippen LogP contribution >= 0.6 is 0 Å². The summed E-state index contributed by atoms with van der Waals surface area (Å²) in [6, 6.07) is 9.72. The highest BCUT2D eigenvalue weighted by molar-refractivity contribution is 5.88. The number of hydrogen-bond acceptors (Lipinski definition) is 16. The normalized spacial score (nSPS) is 20.0. The van der Waals surface area contributed by atoms with E-state index in [1.807, 2.05) is 0 Å². The molecule has 260 valence electrons. The minimum Gasteiger partial charge on any atom is -0.463 e. The van der Waals surface area contributed by atoms with Crippen molar-refractivity contribution in [2.75, 3.05) is 6.61 Å². The summed E-state index contributed by atoms with van der Waals surface area (Å²) >= 11 is 0. The van der Waals surface area contributed by atoms with E-state index in [4.69, 9.17) is 42.3 Å². The molecule has 0 aliphatic carbocycles. The Morgan fingerprint density at radius 1 is 0.653 bits per heavy atom. The largest absolute Gasteiger partial charge is 0.463 e. The van der Waals surface area contributed by atoms with E-state index in [9.17, 15) is 33.6 Å². The van der Waals surface area contributed by atoms with Crippen molar-refractivity contribution < 1.29 is 71.1 Å². The van der Waals surface area contributed by atoms with Gasteiger partial charge in [-0.1, -0.05) is 0 Å². The third-order valence-electron chi connectivity index (χ3n) is 6.62. The van der Waals surface area contributed by atoms with Crippen molar-refractivity contribution in [3.8, 4) is 28.6 Å². The van der Waals surface area contributed by atoms with Crippen molar-refractivity contribution in [2.45, 2.75) is 72.2 Å². The Morgan fingerprint density at radius 2 is 1.24 bits per heavy atom. The van der Waals surface area contributed by atoms with Crippen LogP contribution in [0, 0.1) is 0 Å². The number of hydrogen-bond donors (Lipinski definition) is 0. The minimum absolute atomic E-state index is 0.0881. The topological polar surface area (TPSA) is 206 Å². The van der Waals surface area contributed by atoms with Crippen LogP contribution in [0.25, 0.3) is 22.3 Å². The van der Waals surface area contributed by atoms with Gasteiger partial charge in [0.25, 0.3) is 0 Å². The van der Waals surface area contributed by atoms with E-state index in [2.05, 4.69) is 0 Å². The second-order valence-corrected chi connectivity index (χ2v) is 10.7. The maximum absolute atomic E-state index is 13.3. The summed E-state index contributed by atoms with van der Waals surface area (Å²) in [4.78, 5) is 84.7. The molecular formula is C33H32O16. The molecule has 1 aromatic heterocycles. The Bertz CT molecular complexity index is 1820. The Morgan fingerprint density at radius 3 is 1.82 bits per heavy atom. The van der Waals surface area contributed by atoms with Gasteiger partial charge >= 0.3 is 35.8 Å². The molecule has 0 bridgehead atoms. The van der Waals surface area contributed by atoms with E-state index < -0.39 is 78.6 Å². The van der Waals surface area contributed by atoms with E-state index in [0.717, 1.165) is 34.6 Å². The molecule has 49 heavy (non-hydrogen) atoms. The van der Waals surface area contributed by atoms with Gasteiger partial charge in [0.05, 0.1) is 0 Å². The number of ether oxygens (including phenoxy) is 8. The predicted octanol–water partition coefficient (Wildman–Crippen LogP) is 2.77. The summed E-state index contributed by atoms with van der Waals surface area (Å²) in [6.45, 7) is 6.21. The first-order valence-corrected chi connectivity index (χ1v) is 14.7. The van der Waals surface area contributed by atoms with Crippen LogP contribution in [0.4, 0.5) is 0 Å². The average molecular weight is 685 g/mol. The lowest BCUT2D eigenvalue weighted by molar-refractivity contribution is -0.288. The number of esters is 6. The van der Waals surface area contributed by atoms with E-state index in [1.54, 1.807) is 12.1 Å². The minimum atomic E-state index is -1.63. The van der Waals surface area contributed by atoms with E-state index in [1.165, 1.54) is 37.3 Å². The highest BCUT2D eigenvalue weighted by Gasteiger charge is 2.53. The lowest BCUT2D eigenvalue weighted by atomic mass is 9.98. The van der Waals surface area contributed by atoms with Gasteiger partial charge in [-0.3, -0.25) is 33.6 Å². The number of rotatable bonds is 10. The summed E-state index contributed by atoms with van der Waals surface area (Å²) in [5.41, 5.74) is -0.267. The van der Waals surface area contributed by atoms with Gasteiger partial charge in [0.2, 0.25) is 12.4 Å². The Balaban J connectivity index is 1.82. The maximum atomic E-state index is 13.3. The molecule has 1 aliphatic rings. The van der Waals surface area contributed by atoms with Crippen LogP contribution in [0.3, 0.4) is 0 Å². The van der Waals surface area contributed by atoms with Crippen LogP contribution in [0.5, 0.6) is 17.2 Å². The second-order valence-electron chi connectivity index (χ2n) is 10.7. The van der Waals surface area contributed by atoms with E-state index >= 15 is 0 Å². The molecule has 4 unspecified atom stereocenters. The molecule has 0 radical (unpaired) electrons. The van der Waals surface area contributed by atoms with Crippen LogP contribution in [0.2, 0.25) is 0 Å². The molecule has 0 N–H and O–H groups in total. The van der Waals surface area contributed by atoms with Crippen molar-refractivity contribution in [3.63, 3.8) is 0 Å². The molecule has 16 heteroatoms. The number of carbonyl (C=O) groups is 6. The van der Waals surface area contributed by atoms with Crippen LogP contribution in [-0.2, 0) is 52.5 Å². The van der Waals surface area contributed by atoms with Gasteiger partial charge in [0.1, 0.15) is 46.7 Å². The van der Waals surface area contributed by atoms with Crippen LogP contribution in [0.1, 0.15) is 41.5 Å². The van der Waals surface area contributed by atoms with Crippen molar-refractivity contribution in [1.82, 2.24) is 0 Å². The second kappa shape index (κ2) is 15.4. The third-order valence-corrected chi connectivity index (χ3v) is 6.62. The Labute approximate surface area is 278 Å². The molecule has 0 spiro atoms. The van der Waals surface area contributed by atoms with Crippen molar-refractivity contribution in [3.05, 3.63) is 52.7 Å². The molecule has 1 aliphatic heterocycles. The summed E-state index contributed by atoms with van der Waals surface area (Å²) in [7, 11) is 0. The molecule has 2 aromatic carbocycles. The molecule has 0 saturated carbocycles. The molecule has 3 aromatic rings. The molecule has 1 saturated heterocycles. The SMILES string of the molecule is CC(=O)OCC1OC(Oc2cc(OC(C)=O)c3c(=O)cc(-c4ccc(OC(C)=O)cc4)oc3c2)[C@@H](OC(C)=O)C(OC(C)=O)C1OC(C)=O. The Hall–Kier alpha value is -5.77. The fourth-order valence-corrected chi connectivity index (χ4v) is 4.94. The zero-order valence-electron chi connectivity index (χ0n) is 27.2. The molecule has 2 heterocycles. The smallest absolute Gasteiger partial charge is 0.308 e. The highest BCUT2D eigenvalue weighted by atomic mass is 16.7. The Kier molecular flexibility index (Phi) is 11.4. The van der Waals surface area contributed by atoms with Crippen molar-refractivity contribution >= 4 is 46.8 Å². The molecular weight excluding hydrogens is 652 g/mol. The average Bonchev–Trinajstić information content (AvgIpc) is 2.98. The van der Waals surface area contributed by atoms with Gasteiger partial charge in [-0.2, -0.15) is 0 Å². The fraction of sp³-hybridized carbons (Fsp3) is 0.364. The summed E-state index contributed by atoms with van der Waals surface area (Å²) < 4.78 is 49.7. The molecule has 1 fully saturated rings. The first kappa shape index (κ1) is 36.1. The quantitative estimate of drug-likeness (QED) is 0.171. The number of carbonyl (C=O) groups excluding carboxylic acids is 6. The van der Waals surface area contributed by atoms with Gasteiger partial charge in [-0.25, -0.2) is 0 Å². The van der Waals surface area contributed by atoms with Gasteiger partial charge < -0.3 is 42.3 Å². The van der Waals surface area contributed by atoms with Crippen molar-refractivity contribution in [2.24, 2.45) is 0 Å². The lowest BCUT2D eigenvalue weighted by Crippen LogP contribution is -2.63. The van der Waals surface area contributed by atoms with Gasteiger partial charge in [0, 0.05) is 65.3 Å². The van der Waals surface area contributed by atoms with Crippen LogP contribution in [0.15, 0.2) is 51.7 Å². The summed E-state index contributed by atoms with van der Waals surface area (Å²) in [6.07, 6.45) is -7.45. The predicted molar refractivity (Wildman–Crippen MR) is 163 cm³/mol. The molecule has 0 amide bonds. The summed E-state index contributed by atoms with van der Waals surface area (Å²) in [5.74, 6) is -4.57. The van der Waals surface area contributed by atoms with Gasteiger partial charge in [-0.15, -0.1) is 0 Å². The molecule has 5 atom stereocenters. The number of fused-ring (bicyclic) bond motifs is 1. The third kappa shape index (κ3) is 9.41. The van der Waals surface area contributed by atoms with Crippen LogP contribution in [-0.4, -0.2) is 73.1 Å².